The van der Waals surface area contributed by atoms with Gasteiger partial charge in [0.25, 0.3) is 0 Å². The monoisotopic (exact) mass is 364 g/mol. The largest absolute Gasteiger partial charge is 0.424 e. The third-order valence-electron chi connectivity index (χ3n) is 2.56. The van der Waals surface area contributed by atoms with Crippen LogP contribution in [0.15, 0.2) is 42.9 Å². The van der Waals surface area contributed by atoms with Crippen LogP contribution in [0.4, 0.5) is 5.69 Å². The fourth-order valence-electron chi connectivity index (χ4n) is 1.71. The molecular formula is C13H9IN4O. The van der Waals surface area contributed by atoms with Crippen molar-refractivity contribution in [3.05, 3.63) is 46.4 Å². The first-order chi connectivity index (χ1) is 9.24. The van der Waals surface area contributed by atoms with E-state index in [-0.39, 0.29) is 0 Å². The SMILES string of the molecule is Nc1ccc(Oc2ncc(I)cn2)c2cccnc12. The number of nitrogen functional groups attached to an aromatic ring is 1. The maximum Gasteiger partial charge on any atom is 0.321 e. The average Bonchev–Trinajstić information content (AvgIpc) is 2.45. The molecule has 0 aliphatic carbocycles. The molecule has 2 N–H and O–H groups in total. The van der Waals surface area contributed by atoms with Gasteiger partial charge in [-0.05, 0) is 46.9 Å². The molecule has 0 saturated heterocycles. The Morgan fingerprint density at radius 2 is 1.84 bits per heavy atom. The lowest BCUT2D eigenvalue weighted by Gasteiger charge is -2.08. The van der Waals surface area contributed by atoms with E-state index in [0.717, 1.165) is 8.96 Å². The van der Waals surface area contributed by atoms with E-state index in [1.165, 1.54) is 0 Å². The zero-order valence-electron chi connectivity index (χ0n) is 9.75. The number of nitrogens with two attached hydrogens (primary N) is 1. The Morgan fingerprint density at radius 3 is 2.63 bits per heavy atom. The molecule has 3 aromatic rings. The molecule has 1 aromatic carbocycles. The fourth-order valence-corrected chi connectivity index (χ4v) is 1.99. The summed E-state index contributed by atoms with van der Waals surface area (Å²) in [6.45, 7) is 0. The summed E-state index contributed by atoms with van der Waals surface area (Å²) < 4.78 is 6.63. The Hall–Kier alpha value is -1.96. The highest BCUT2D eigenvalue weighted by atomic mass is 127. The van der Waals surface area contributed by atoms with Gasteiger partial charge >= 0.3 is 6.01 Å². The van der Waals surface area contributed by atoms with E-state index in [9.17, 15) is 0 Å². The van der Waals surface area contributed by atoms with Gasteiger partial charge < -0.3 is 10.5 Å². The first kappa shape index (κ1) is 12.1. The lowest BCUT2D eigenvalue weighted by molar-refractivity contribution is 0.446. The average molecular weight is 364 g/mol. The first-order valence-electron chi connectivity index (χ1n) is 5.52. The summed E-state index contributed by atoms with van der Waals surface area (Å²) in [4.78, 5) is 12.5. The Balaban J connectivity index is 2.06. The second-order valence-corrected chi connectivity index (χ2v) is 5.08. The van der Waals surface area contributed by atoms with E-state index >= 15 is 0 Å². The molecule has 94 valence electrons. The van der Waals surface area contributed by atoms with Gasteiger partial charge in [0.2, 0.25) is 0 Å². The number of hydrogen-bond acceptors (Lipinski definition) is 5. The van der Waals surface area contributed by atoms with Crippen molar-refractivity contribution in [2.24, 2.45) is 0 Å². The predicted octanol–water partition coefficient (Wildman–Crippen LogP) is 3.00. The number of aromatic nitrogens is 3. The summed E-state index contributed by atoms with van der Waals surface area (Å²) in [5.41, 5.74) is 7.22. The van der Waals surface area contributed by atoms with Crippen LogP contribution >= 0.6 is 22.6 Å². The van der Waals surface area contributed by atoms with Crippen LogP contribution in [0.3, 0.4) is 0 Å². The van der Waals surface area contributed by atoms with Gasteiger partial charge in [0, 0.05) is 27.5 Å². The molecule has 6 heteroatoms. The van der Waals surface area contributed by atoms with Crippen LogP contribution < -0.4 is 10.5 Å². The molecule has 0 spiro atoms. The predicted molar refractivity (Wildman–Crippen MR) is 81.0 cm³/mol. The van der Waals surface area contributed by atoms with Gasteiger partial charge in [-0.3, -0.25) is 4.98 Å². The van der Waals surface area contributed by atoms with Gasteiger partial charge in [0.15, 0.2) is 0 Å². The second-order valence-electron chi connectivity index (χ2n) is 3.84. The Labute approximate surface area is 123 Å². The summed E-state index contributed by atoms with van der Waals surface area (Å²) >= 11 is 2.14. The zero-order valence-corrected chi connectivity index (χ0v) is 11.9. The summed E-state index contributed by atoms with van der Waals surface area (Å²) in [5.74, 6) is 0.638. The molecule has 0 unspecified atom stereocenters. The zero-order chi connectivity index (χ0) is 13.2. The van der Waals surface area contributed by atoms with Crippen LogP contribution in [-0.2, 0) is 0 Å². The van der Waals surface area contributed by atoms with Crippen LogP contribution in [0.2, 0.25) is 0 Å². The second kappa shape index (κ2) is 4.96. The van der Waals surface area contributed by atoms with Crippen LogP contribution in [0, 0.1) is 3.57 Å². The number of pyridine rings is 1. The number of fused-ring (bicyclic) bond motifs is 1. The van der Waals surface area contributed by atoms with Crippen molar-refractivity contribution in [3.8, 4) is 11.8 Å². The highest BCUT2D eigenvalue weighted by Gasteiger charge is 2.08. The third-order valence-corrected chi connectivity index (χ3v) is 3.12. The van der Waals surface area contributed by atoms with E-state index in [2.05, 4.69) is 37.5 Å². The maximum atomic E-state index is 5.89. The van der Waals surface area contributed by atoms with Crippen LogP contribution in [0.1, 0.15) is 0 Å². The molecule has 3 rings (SSSR count). The minimum Gasteiger partial charge on any atom is -0.424 e. The standard InChI is InChI=1S/C13H9IN4O/c14-8-6-17-13(18-7-8)19-11-4-3-10(15)12-9(11)2-1-5-16-12/h1-7H,15H2. The van der Waals surface area contributed by atoms with Crippen LogP contribution in [0.25, 0.3) is 10.9 Å². The molecule has 0 aliphatic rings. The molecule has 0 atom stereocenters. The van der Waals surface area contributed by atoms with Crippen LogP contribution in [-0.4, -0.2) is 15.0 Å². The van der Waals surface area contributed by atoms with Gasteiger partial charge in [-0.2, -0.15) is 0 Å². The number of anilines is 1. The molecule has 2 aromatic heterocycles. The Kier molecular flexibility index (Phi) is 3.16. The minimum atomic E-state index is 0.301. The topological polar surface area (TPSA) is 73.9 Å². The number of benzene rings is 1. The van der Waals surface area contributed by atoms with E-state index < -0.39 is 0 Å². The lowest BCUT2D eigenvalue weighted by atomic mass is 10.2. The molecule has 0 radical (unpaired) electrons. The number of hydrogen-bond donors (Lipinski definition) is 1. The minimum absolute atomic E-state index is 0.301. The molecule has 0 bridgehead atoms. The third kappa shape index (κ3) is 2.43. The smallest absolute Gasteiger partial charge is 0.321 e. The van der Waals surface area contributed by atoms with Crippen molar-refractivity contribution in [3.63, 3.8) is 0 Å². The highest BCUT2D eigenvalue weighted by molar-refractivity contribution is 14.1. The normalized spacial score (nSPS) is 10.6. The summed E-state index contributed by atoms with van der Waals surface area (Å²) in [6, 6.07) is 7.60. The van der Waals surface area contributed by atoms with Gasteiger partial charge in [0.1, 0.15) is 5.75 Å². The van der Waals surface area contributed by atoms with Crippen molar-refractivity contribution in [2.75, 3.05) is 5.73 Å². The molecule has 5 nitrogen and oxygen atoms in total. The van der Waals surface area contributed by atoms with Crippen LogP contribution in [0.5, 0.6) is 11.8 Å². The van der Waals surface area contributed by atoms with E-state index in [1.54, 1.807) is 30.7 Å². The first-order valence-corrected chi connectivity index (χ1v) is 6.60. The number of halogens is 1. The maximum absolute atomic E-state index is 5.89. The molecular weight excluding hydrogens is 355 g/mol. The molecule has 2 heterocycles. The summed E-state index contributed by atoms with van der Waals surface area (Å²) in [6.07, 6.45) is 5.09. The Bertz CT molecular complexity index is 730. The Morgan fingerprint density at radius 1 is 1.05 bits per heavy atom. The van der Waals surface area contributed by atoms with Crippen molar-refractivity contribution >= 4 is 39.2 Å². The van der Waals surface area contributed by atoms with Gasteiger partial charge in [-0.25, -0.2) is 9.97 Å². The van der Waals surface area contributed by atoms with Gasteiger partial charge in [-0.1, -0.05) is 0 Å². The van der Waals surface area contributed by atoms with Crippen molar-refractivity contribution < 1.29 is 4.74 Å². The van der Waals surface area contributed by atoms with Gasteiger partial charge in [-0.15, -0.1) is 0 Å². The fraction of sp³-hybridized carbons (Fsp3) is 0. The van der Waals surface area contributed by atoms with Crippen molar-refractivity contribution in [1.82, 2.24) is 15.0 Å². The van der Waals surface area contributed by atoms with E-state index in [1.807, 2.05) is 12.1 Å². The van der Waals surface area contributed by atoms with E-state index in [0.29, 0.717) is 23.0 Å². The molecule has 0 amide bonds. The lowest BCUT2D eigenvalue weighted by Crippen LogP contribution is -1.95. The van der Waals surface area contributed by atoms with Crippen molar-refractivity contribution in [2.45, 2.75) is 0 Å². The quantitative estimate of drug-likeness (QED) is 0.559. The molecule has 0 saturated carbocycles. The highest BCUT2D eigenvalue weighted by Crippen LogP contribution is 2.30. The number of rotatable bonds is 2. The summed E-state index contributed by atoms with van der Waals surface area (Å²) in [7, 11) is 0. The number of nitrogens with zero attached hydrogens (tertiary/aromatic N) is 3. The molecule has 19 heavy (non-hydrogen) atoms. The molecule has 0 aliphatic heterocycles. The summed E-state index contributed by atoms with van der Waals surface area (Å²) in [5, 5.41) is 0.838. The molecule has 0 fully saturated rings. The van der Waals surface area contributed by atoms with Gasteiger partial charge in [0.05, 0.1) is 11.2 Å². The van der Waals surface area contributed by atoms with Crippen molar-refractivity contribution in [1.29, 1.82) is 0 Å². The number of ether oxygens (including phenoxy) is 1. The van der Waals surface area contributed by atoms with E-state index in [4.69, 9.17) is 10.5 Å².